The number of thioether (sulfide) groups is 1. The Morgan fingerprint density at radius 2 is 1.53 bits per heavy atom. The Balaban J connectivity index is 1.88. The molecular formula is C23H23N3O3S. The number of amides is 1. The molecule has 0 spiro atoms. The molecule has 0 aliphatic carbocycles. The second-order valence-electron chi connectivity index (χ2n) is 6.86. The summed E-state index contributed by atoms with van der Waals surface area (Å²) in [5, 5.41) is 3.53. The van der Waals surface area contributed by atoms with Gasteiger partial charge in [0.05, 0.1) is 0 Å². The van der Waals surface area contributed by atoms with E-state index in [2.05, 4.69) is 15.3 Å². The van der Waals surface area contributed by atoms with Gasteiger partial charge in [0.25, 0.3) is 5.91 Å². The van der Waals surface area contributed by atoms with E-state index < -0.39 is 12.1 Å². The number of nitrogens with one attached hydrogen (secondary N) is 1. The van der Waals surface area contributed by atoms with Crippen LogP contribution in [0.1, 0.15) is 40.3 Å². The first kappa shape index (κ1) is 21.5. The largest absolute Gasteiger partial charge is 0.446 e. The van der Waals surface area contributed by atoms with E-state index in [9.17, 15) is 9.59 Å². The van der Waals surface area contributed by atoms with Gasteiger partial charge in [0.1, 0.15) is 0 Å². The molecule has 0 aliphatic rings. The van der Waals surface area contributed by atoms with E-state index in [0.29, 0.717) is 27.2 Å². The van der Waals surface area contributed by atoms with Crippen molar-refractivity contribution in [2.45, 2.75) is 37.4 Å². The molecule has 3 aromatic rings. The number of aromatic nitrogens is 2. The Bertz CT molecular complexity index is 1010. The molecule has 7 heteroatoms. The van der Waals surface area contributed by atoms with Gasteiger partial charge in [-0.15, -0.1) is 0 Å². The number of benzene rings is 2. The number of aryl methyl sites for hydroxylation is 1. The molecular weight excluding hydrogens is 398 g/mol. The first-order chi connectivity index (χ1) is 14.4. The average Bonchev–Trinajstić information content (AvgIpc) is 2.73. The van der Waals surface area contributed by atoms with Crippen LogP contribution in [0.4, 0.5) is 0 Å². The second kappa shape index (κ2) is 10.0. The smallest absolute Gasteiger partial charge is 0.254 e. The fourth-order valence-corrected chi connectivity index (χ4v) is 3.41. The van der Waals surface area contributed by atoms with Crippen LogP contribution in [-0.4, -0.2) is 33.1 Å². The van der Waals surface area contributed by atoms with Crippen LogP contribution in [0.3, 0.4) is 0 Å². The van der Waals surface area contributed by atoms with Gasteiger partial charge in [0.2, 0.25) is 17.9 Å². The lowest BCUT2D eigenvalue weighted by atomic mass is 10.1. The first-order valence-corrected chi connectivity index (χ1v) is 10.4. The SMILES string of the molecule is Cc1cc(O[C@H](NC(=O)c2ccccc2)C(=O)c2ccccc2)nc(SC(C)C)n1. The minimum Gasteiger partial charge on any atom is -0.446 e. The molecule has 0 fully saturated rings. The summed E-state index contributed by atoms with van der Waals surface area (Å²) in [5.74, 6) is -0.546. The monoisotopic (exact) mass is 421 g/mol. The first-order valence-electron chi connectivity index (χ1n) is 9.56. The van der Waals surface area contributed by atoms with Crippen molar-refractivity contribution in [3.8, 4) is 5.88 Å². The van der Waals surface area contributed by atoms with E-state index in [0.717, 1.165) is 0 Å². The van der Waals surface area contributed by atoms with Crippen LogP contribution in [0.2, 0.25) is 0 Å². The molecule has 3 rings (SSSR count). The fraction of sp³-hybridized carbons (Fsp3) is 0.217. The highest BCUT2D eigenvalue weighted by Gasteiger charge is 2.25. The normalized spacial score (nSPS) is 11.7. The van der Waals surface area contributed by atoms with Crippen LogP contribution < -0.4 is 10.1 Å². The number of hydrogen-bond acceptors (Lipinski definition) is 6. The quantitative estimate of drug-likeness (QED) is 0.253. The van der Waals surface area contributed by atoms with E-state index >= 15 is 0 Å². The molecule has 0 saturated carbocycles. The average molecular weight is 422 g/mol. The lowest BCUT2D eigenvalue weighted by Crippen LogP contribution is -2.45. The summed E-state index contributed by atoms with van der Waals surface area (Å²) in [6.07, 6.45) is -1.23. The van der Waals surface area contributed by atoms with E-state index in [1.807, 2.05) is 32.9 Å². The minimum absolute atomic E-state index is 0.230. The third-order valence-corrected chi connectivity index (χ3v) is 4.85. The molecule has 2 aromatic carbocycles. The Morgan fingerprint density at radius 1 is 0.933 bits per heavy atom. The zero-order chi connectivity index (χ0) is 21.5. The summed E-state index contributed by atoms with van der Waals surface area (Å²) in [6.45, 7) is 5.91. The minimum atomic E-state index is -1.23. The third kappa shape index (κ3) is 5.90. The molecule has 0 saturated heterocycles. The van der Waals surface area contributed by atoms with Gasteiger partial charge in [0.15, 0.2) is 5.16 Å². The Labute approximate surface area is 180 Å². The number of ether oxygens (including phenoxy) is 1. The molecule has 0 radical (unpaired) electrons. The summed E-state index contributed by atoms with van der Waals surface area (Å²) in [5.41, 5.74) is 1.57. The zero-order valence-corrected chi connectivity index (χ0v) is 17.8. The second-order valence-corrected chi connectivity index (χ2v) is 8.41. The molecule has 1 N–H and O–H groups in total. The molecule has 30 heavy (non-hydrogen) atoms. The molecule has 6 nitrogen and oxygen atoms in total. The topological polar surface area (TPSA) is 81.2 Å². The van der Waals surface area contributed by atoms with Crippen molar-refractivity contribution in [3.05, 3.63) is 83.6 Å². The maximum Gasteiger partial charge on any atom is 0.254 e. The van der Waals surface area contributed by atoms with Gasteiger partial charge in [-0.2, -0.15) is 4.98 Å². The number of carbonyl (C=O) groups is 2. The van der Waals surface area contributed by atoms with Crippen molar-refractivity contribution in [1.82, 2.24) is 15.3 Å². The number of Topliss-reactive ketones (excluding diaryl/α,β-unsaturated/α-hetero) is 1. The van der Waals surface area contributed by atoms with Crippen molar-refractivity contribution in [3.63, 3.8) is 0 Å². The van der Waals surface area contributed by atoms with Gasteiger partial charge in [-0.3, -0.25) is 9.59 Å². The number of carbonyl (C=O) groups excluding carboxylic acids is 2. The third-order valence-electron chi connectivity index (χ3n) is 3.98. The number of nitrogens with zero attached hydrogens (tertiary/aromatic N) is 2. The molecule has 0 aliphatic heterocycles. The highest BCUT2D eigenvalue weighted by atomic mass is 32.2. The molecule has 1 atom stereocenters. The van der Waals surface area contributed by atoms with E-state index in [-0.39, 0.29) is 11.7 Å². The lowest BCUT2D eigenvalue weighted by Gasteiger charge is -2.19. The predicted molar refractivity (Wildman–Crippen MR) is 117 cm³/mol. The van der Waals surface area contributed by atoms with Gasteiger partial charge in [0, 0.05) is 28.1 Å². The van der Waals surface area contributed by atoms with Gasteiger partial charge >= 0.3 is 0 Å². The highest BCUT2D eigenvalue weighted by molar-refractivity contribution is 7.99. The van der Waals surface area contributed by atoms with Crippen LogP contribution in [0.5, 0.6) is 5.88 Å². The molecule has 154 valence electrons. The van der Waals surface area contributed by atoms with Crippen molar-refractivity contribution in [2.24, 2.45) is 0 Å². The van der Waals surface area contributed by atoms with E-state index in [4.69, 9.17) is 4.74 Å². The number of hydrogen-bond donors (Lipinski definition) is 1. The molecule has 0 unspecified atom stereocenters. The Kier molecular flexibility index (Phi) is 7.19. The summed E-state index contributed by atoms with van der Waals surface area (Å²) in [4.78, 5) is 34.5. The van der Waals surface area contributed by atoms with Crippen molar-refractivity contribution < 1.29 is 14.3 Å². The predicted octanol–water partition coefficient (Wildman–Crippen LogP) is 4.30. The van der Waals surface area contributed by atoms with Crippen LogP contribution in [0.15, 0.2) is 71.9 Å². The summed E-state index contributed by atoms with van der Waals surface area (Å²) >= 11 is 1.49. The number of rotatable bonds is 8. The van der Waals surface area contributed by atoms with Crippen LogP contribution in [0.25, 0.3) is 0 Å². The number of ketones is 1. The van der Waals surface area contributed by atoms with Gasteiger partial charge in [-0.1, -0.05) is 74.1 Å². The van der Waals surface area contributed by atoms with E-state index in [1.165, 1.54) is 11.8 Å². The Hall–Kier alpha value is -3.19. The standard InChI is InChI=1S/C23H23N3O3S/c1-15(2)30-23-24-16(3)14-19(25-23)29-22(20(27)17-10-6-4-7-11-17)26-21(28)18-12-8-5-9-13-18/h4-15,22H,1-3H3,(H,26,28)/t22-/m0/s1. The summed E-state index contributed by atoms with van der Waals surface area (Å²) in [7, 11) is 0. The van der Waals surface area contributed by atoms with Gasteiger partial charge in [-0.25, -0.2) is 4.98 Å². The van der Waals surface area contributed by atoms with Gasteiger partial charge < -0.3 is 10.1 Å². The van der Waals surface area contributed by atoms with E-state index in [1.54, 1.807) is 54.6 Å². The summed E-state index contributed by atoms with van der Waals surface area (Å²) < 4.78 is 5.88. The Morgan fingerprint density at radius 3 is 2.13 bits per heavy atom. The van der Waals surface area contributed by atoms with Crippen molar-refractivity contribution in [1.29, 1.82) is 0 Å². The maximum absolute atomic E-state index is 13.1. The fourth-order valence-electron chi connectivity index (χ4n) is 2.65. The van der Waals surface area contributed by atoms with Crippen LogP contribution >= 0.6 is 11.8 Å². The summed E-state index contributed by atoms with van der Waals surface area (Å²) in [6, 6.07) is 19.0. The molecule has 1 heterocycles. The zero-order valence-electron chi connectivity index (χ0n) is 17.0. The van der Waals surface area contributed by atoms with Crippen LogP contribution in [-0.2, 0) is 0 Å². The van der Waals surface area contributed by atoms with Gasteiger partial charge in [-0.05, 0) is 19.1 Å². The molecule has 0 bridgehead atoms. The van der Waals surface area contributed by atoms with Crippen molar-refractivity contribution in [2.75, 3.05) is 0 Å². The molecule has 1 amide bonds. The molecule has 1 aromatic heterocycles. The van der Waals surface area contributed by atoms with Crippen molar-refractivity contribution >= 4 is 23.5 Å². The maximum atomic E-state index is 13.1. The lowest BCUT2D eigenvalue weighted by molar-refractivity contribution is 0.0648. The highest BCUT2D eigenvalue weighted by Crippen LogP contribution is 2.22. The van der Waals surface area contributed by atoms with Crippen LogP contribution in [0, 0.1) is 6.92 Å².